The molecule has 1 atom stereocenters. The third-order valence-electron chi connectivity index (χ3n) is 4.59. The molecule has 5 nitrogen and oxygen atoms in total. The maximum Gasteiger partial charge on any atom is 0.238 e. The van der Waals surface area contributed by atoms with Gasteiger partial charge < -0.3 is 9.88 Å². The molecule has 1 aromatic carbocycles. The van der Waals surface area contributed by atoms with Crippen molar-refractivity contribution >= 4 is 17.4 Å². The lowest BCUT2D eigenvalue weighted by Crippen LogP contribution is -2.33. The topological polar surface area (TPSA) is 54.3 Å². The minimum absolute atomic E-state index is 0.00517. The molecule has 2 heterocycles. The van der Waals surface area contributed by atoms with E-state index in [1.54, 1.807) is 18.2 Å². The van der Waals surface area contributed by atoms with Crippen LogP contribution in [0.2, 0.25) is 0 Å². The van der Waals surface area contributed by atoms with Gasteiger partial charge in [-0.1, -0.05) is 12.1 Å². The Morgan fingerprint density at radius 1 is 1.25 bits per heavy atom. The Hall–Kier alpha value is -2.40. The summed E-state index contributed by atoms with van der Waals surface area (Å²) >= 11 is 0. The van der Waals surface area contributed by atoms with Gasteiger partial charge in [0.25, 0.3) is 0 Å². The maximum atomic E-state index is 12.4. The van der Waals surface area contributed by atoms with Crippen molar-refractivity contribution in [2.24, 2.45) is 7.05 Å². The lowest BCUT2D eigenvalue weighted by atomic mass is 10.1. The average molecular weight is 325 g/mol. The number of hydrogen-bond acceptors (Lipinski definition) is 3. The van der Waals surface area contributed by atoms with Gasteiger partial charge in [0.2, 0.25) is 5.91 Å². The van der Waals surface area contributed by atoms with Crippen molar-refractivity contribution in [2.45, 2.75) is 25.8 Å². The lowest BCUT2D eigenvalue weighted by molar-refractivity contribution is -0.117. The van der Waals surface area contributed by atoms with Crippen LogP contribution in [0.25, 0.3) is 0 Å². The number of amides is 1. The van der Waals surface area contributed by atoms with Gasteiger partial charge in [0, 0.05) is 30.2 Å². The van der Waals surface area contributed by atoms with E-state index < -0.39 is 0 Å². The van der Waals surface area contributed by atoms with Crippen molar-refractivity contribution in [3.05, 3.63) is 53.9 Å². The van der Waals surface area contributed by atoms with E-state index in [2.05, 4.69) is 20.9 Å². The van der Waals surface area contributed by atoms with E-state index in [-0.39, 0.29) is 11.7 Å². The number of likely N-dealkylation sites (tertiary alicyclic amines) is 1. The summed E-state index contributed by atoms with van der Waals surface area (Å²) in [6.45, 7) is 2.81. The fraction of sp³-hybridized carbons (Fsp3) is 0.368. The van der Waals surface area contributed by atoms with Gasteiger partial charge in [0.15, 0.2) is 5.78 Å². The summed E-state index contributed by atoms with van der Waals surface area (Å²) in [5.41, 5.74) is 2.52. The van der Waals surface area contributed by atoms with E-state index >= 15 is 0 Å². The van der Waals surface area contributed by atoms with E-state index in [0.29, 0.717) is 23.8 Å². The zero-order valence-electron chi connectivity index (χ0n) is 14.2. The molecular weight excluding hydrogens is 302 g/mol. The Labute approximate surface area is 142 Å². The van der Waals surface area contributed by atoms with Crippen molar-refractivity contribution in [3.8, 4) is 0 Å². The molecule has 0 saturated carbocycles. The van der Waals surface area contributed by atoms with Crippen LogP contribution in [0.1, 0.15) is 41.9 Å². The summed E-state index contributed by atoms with van der Waals surface area (Å²) in [6.07, 6.45) is 4.22. The number of nitrogens with zero attached hydrogens (tertiary/aromatic N) is 2. The number of rotatable bonds is 5. The van der Waals surface area contributed by atoms with Crippen LogP contribution in [-0.2, 0) is 11.8 Å². The van der Waals surface area contributed by atoms with Gasteiger partial charge in [0.1, 0.15) is 0 Å². The molecule has 24 heavy (non-hydrogen) atoms. The third-order valence-corrected chi connectivity index (χ3v) is 4.59. The second kappa shape index (κ2) is 7.01. The number of hydrogen-bond donors (Lipinski definition) is 1. The normalized spacial score (nSPS) is 17.8. The highest BCUT2D eigenvalue weighted by Crippen LogP contribution is 2.31. The molecule has 1 N–H and O–H groups in total. The van der Waals surface area contributed by atoms with Gasteiger partial charge in [0.05, 0.1) is 12.6 Å². The summed E-state index contributed by atoms with van der Waals surface area (Å²) in [6, 6.07) is 11.5. The molecule has 5 heteroatoms. The van der Waals surface area contributed by atoms with E-state index in [1.807, 2.05) is 25.4 Å². The smallest absolute Gasteiger partial charge is 0.238 e. The second-order valence-corrected chi connectivity index (χ2v) is 6.36. The van der Waals surface area contributed by atoms with Gasteiger partial charge in [-0.25, -0.2) is 0 Å². The molecule has 1 aromatic heterocycles. The van der Waals surface area contributed by atoms with Gasteiger partial charge >= 0.3 is 0 Å². The van der Waals surface area contributed by atoms with Gasteiger partial charge in [-0.3, -0.25) is 14.5 Å². The number of Topliss-reactive ketones (excluding diaryl/α,β-unsaturated/α-hetero) is 1. The van der Waals surface area contributed by atoms with E-state index in [9.17, 15) is 9.59 Å². The molecule has 0 radical (unpaired) electrons. The van der Waals surface area contributed by atoms with Crippen LogP contribution in [0.3, 0.4) is 0 Å². The Bertz CT molecular complexity index is 751. The van der Waals surface area contributed by atoms with Crippen LogP contribution < -0.4 is 5.32 Å². The van der Waals surface area contributed by atoms with Crippen molar-refractivity contribution in [1.29, 1.82) is 0 Å². The van der Waals surface area contributed by atoms with Crippen molar-refractivity contribution < 1.29 is 9.59 Å². The van der Waals surface area contributed by atoms with E-state index in [4.69, 9.17) is 0 Å². The van der Waals surface area contributed by atoms with Crippen molar-refractivity contribution in [3.63, 3.8) is 0 Å². The highest BCUT2D eigenvalue weighted by Gasteiger charge is 2.28. The highest BCUT2D eigenvalue weighted by atomic mass is 16.2. The van der Waals surface area contributed by atoms with Crippen LogP contribution in [0.5, 0.6) is 0 Å². The molecule has 1 aliphatic rings. The Balaban J connectivity index is 1.65. The summed E-state index contributed by atoms with van der Waals surface area (Å²) in [7, 11) is 2.04. The van der Waals surface area contributed by atoms with Crippen LogP contribution >= 0.6 is 0 Å². The standard InChI is InChI=1S/C19H23N3O2/c1-14(23)15-6-3-7-16(12-15)20-19(24)13-22-11-5-9-18(22)17-8-4-10-21(17)2/h3-4,6-8,10,12,18H,5,9,11,13H2,1-2H3,(H,20,24)/t18-/m1/s1. The number of aromatic nitrogens is 1. The van der Waals surface area contributed by atoms with Gasteiger partial charge in [-0.2, -0.15) is 0 Å². The summed E-state index contributed by atoms with van der Waals surface area (Å²) in [5.74, 6) is -0.0498. The first-order chi connectivity index (χ1) is 11.5. The minimum atomic E-state index is -0.0446. The predicted molar refractivity (Wildman–Crippen MR) is 94.0 cm³/mol. The van der Waals surface area contributed by atoms with Crippen molar-refractivity contribution in [2.75, 3.05) is 18.4 Å². The molecule has 0 spiro atoms. The van der Waals surface area contributed by atoms with Gasteiger partial charge in [-0.15, -0.1) is 0 Å². The zero-order chi connectivity index (χ0) is 17.1. The second-order valence-electron chi connectivity index (χ2n) is 6.36. The number of aryl methyl sites for hydroxylation is 1. The highest BCUT2D eigenvalue weighted by molar-refractivity contribution is 5.97. The molecule has 3 rings (SSSR count). The van der Waals surface area contributed by atoms with Crippen molar-refractivity contribution in [1.82, 2.24) is 9.47 Å². The molecule has 126 valence electrons. The molecule has 2 aromatic rings. The Kier molecular flexibility index (Phi) is 4.81. The maximum absolute atomic E-state index is 12.4. The molecule has 0 bridgehead atoms. The summed E-state index contributed by atoms with van der Waals surface area (Å²) in [4.78, 5) is 26.1. The lowest BCUT2D eigenvalue weighted by Gasteiger charge is -2.24. The number of carbonyl (C=O) groups excluding carboxylic acids is 2. The molecule has 1 saturated heterocycles. The predicted octanol–water partition coefficient (Wildman–Crippen LogP) is 3.00. The molecular formula is C19H23N3O2. The molecule has 0 aliphatic carbocycles. The monoisotopic (exact) mass is 325 g/mol. The third kappa shape index (κ3) is 3.57. The summed E-state index contributed by atoms with van der Waals surface area (Å²) < 4.78 is 2.12. The first kappa shape index (κ1) is 16.5. The van der Waals surface area contributed by atoms with E-state index in [0.717, 1.165) is 19.4 Å². The van der Waals surface area contributed by atoms with Crippen LogP contribution in [0, 0.1) is 0 Å². The number of anilines is 1. The molecule has 1 amide bonds. The quantitative estimate of drug-likeness (QED) is 0.860. The first-order valence-electron chi connectivity index (χ1n) is 8.31. The number of ketones is 1. The SMILES string of the molecule is CC(=O)c1cccc(NC(=O)CN2CCC[C@@H]2c2cccn2C)c1. The number of nitrogens with one attached hydrogen (secondary N) is 1. The first-order valence-corrected chi connectivity index (χ1v) is 8.31. The van der Waals surface area contributed by atoms with Gasteiger partial charge in [-0.05, 0) is 50.6 Å². The largest absolute Gasteiger partial charge is 0.353 e. The van der Waals surface area contributed by atoms with Crippen LogP contribution in [0.4, 0.5) is 5.69 Å². The van der Waals surface area contributed by atoms with E-state index in [1.165, 1.54) is 12.6 Å². The fourth-order valence-electron chi connectivity index (χ4n) is 3.37. The Morgan fingerprint density at radius 3 is 2.79 bits per heavy atom. The number of benzene rings is 1. The number of carbonyl (C=O) groups is 2. The van der Waals surface area contributed by atoms with Crippen LogP contribution in [-0.4, -0.2) is 34.2 Å². The Morgan fingerprint density at radius 2 is 2.08 bits per heavy atom. The van der Waals surface area contributed by atoms with Crippen LogP contribution in [0.15, 0.2) is 42.6 Å². The fourth-order valence-corrected chi connectivity index (χ4v) is 3.37. The molecule has 0 unspecified atom stereocenters. The minimum Gasteiger partial charge on any atom is -0.353 e. The molecule has 1 aliphatic heterocycles. The molecule has 1 fully saturated rings. The zero-order valence-corrected chi connectivity index (χ0v) is 14.2. The average Bonchev–Trinajstić information content (AvgIpc) is 3.15. The summed E-state index contributed by atoms with van der Waals surface area (Å²) in [5, 5.41) is 2.90.